The van der Waals surface area contributed by atoms with Crippen LogP contribution in [0.5, 0.6) is 0 Å². The molecule has 0 amide bonds. The monoisotopic (exact) mass is 284 g/mol. The molecule has 1 N–H and O–H groups in total. The Morgan fingerprint density at radius 3 is 2.10 bits per heavy atom. The summed E-state index contributed by atoms with van der Waals surface area (Å²) in [6.45, 7) is 6.72. The molecule has 0 spiro atoms. The Balaban J connectivity index is 1.95. The van der Waals surface area contributed by atoms with Gasteiger partial charge in [0.15, 0.2) is 0 Å². The lowest BCUT2D eigenvalue weighted by atomic mass is 9.70. The maximum absolute atomic E-state index is 5.56. The normalized spacial score (nSPS) is 39.3. The third kappa shape index (κ3) is 3.73. The van der Waals surface area contributed by atoms with E-state index in [1.54, 1.807) is 14.2 Å². The van der Waals surface area contributed by atoms with Gasteiger partial charge in [0, 0.05) is 40.4 Å². The molecular formula is C16H32N2O2. The van der Waals surface area contributed by atoms with Crippen LogP contribution in [0.2, 0.25) is 0 Å². The zero-order chi connectivity index (χ0) is 14.6. The molecule has 118 valence electrons. The van der Waals surface area contributed by atoms with Gasteiger partial charge in [-0.3, -0.25) is 4.90 Å². The van der Waals surface area contributed by atoms with Crippen LogP contribution in [-0.4, -0.2) is 64.6 Å². The largest absolute Gasteiger partial charge is 0.377 e. The van der Waals surface area contributed by atoms with E-state index in [-0.39, 0.29) is 12.2 Å². The van der Waals surface area contributed by atoms with Crippen molar-refractivity contribution >= 4 is 0 Å². The lowest BCUT2D eigenvalue weighted by molar-refractivity contribution is -0.00461. The Labute approximate surface area is 124 Å². The first-order chi connectivity index (χ1) is 9.62. The van der Waals surface area contributed by atoms with Crippen LogP contribution in [0.15, 0.2) is 0 Å². The van der Waals surface area contributed by atoms with Crippen LogP contribution in [-0.2, 0) is 9.47 Å². The van der Waals surface area contributed by atoms with Gasteiger partial charge in [-0.05, 0) is 31.2 Å². The number of methoxy groups -OCH3 is 2. The molecule has 1 heterocycles. The van der Waals surface area contributed by atoms with Crippen molar-refractivity contribution in [3.8, 4) is 0 Å². The van der Waals surface area contributed by atoms with Gasteiger partial charge in [-0.15, -0.1) is 0 Å². The highest BCUT2D eigenvalue weighted by molar-refractivity contribution is 4.93. The molecule has 2 atom stereocenters. The Bertz CT molecular complexity index is 278. The van der Waals surface area contributed by atoms with E-state index in [0.29, 0.717) is 5.41 Å². The van der Waals surface area contributed by atoms with Crippen LogP contribution in [0.25, 0.3) is 0 Å². The molecule has 0 aromatic heterocycles. The van der Waals surface area contributed by atoms with Crippen molar-refractivity contribution in [2.45, 2.75) is 44.8 Å². The van der Waals surface area contributed by atoms with Crippen LogP contribution in [0.1, 0.15) is 32.6 Å². The maximum Gasteiger partial charge on any atom is 0.0971 e. The SMILES string of the molecule is CNCC1(CN2CC(OC)C(OC)C2)CCC(C)CC1. The van der Waals surface area contributed by atoms with Crippen molar-refractivity contribution in [2.24, 2.45) is 11.3 Å². The fourth-order valence-corrected chi connectivity index (χ4v) is 4.02. The van der Waals surface area contributed by atoms with E-state index < -0.39 is 0 Å². The Kier molecular flexibility index (Phi) is 5.84. The third-order valence-corrected chi connectivity index (χ3v) is 5.34. The fourth-order valence-electron chi connectivity index (χ4n) is 4.02. The highest BCUT2D eigenvalue weighted by Gasteiger charge is 2.40. The van der Waals surface area contributed by atoms with Crippen LogP contribution in [0, 0.1) is 11.3 Å². The standard InChI is InChI=1S/C16H32N2O2/c1-13-5-7-16(8-6-13,11-17-2)12-18-9-14(19-3)15(10-18)20-4/h13-15,17H,5-12H2,1-4H3. The Hall–Kier alpha value is -0.160. The van der Waals surface area contributed by atoms with Gasteiger partial charge in [-0.1, -0.05) is 19.8 Å². The molecule has 20 heavy (non-hydrogen) atoms. The number of nitrogens with one attached hydrogen (secondary N) is 1. The summed E-state index contributed by atoms with van der Waals surface area (Å²) in [5.41, 5.74) is 0.447. The average molecular weight is 284 g/mol. The molecule has 0 radical (unpaired) electrons. The van der Waals surface area contributed by atoms with Crippen molar-refractivity contribution in [1.82, 2.24) is 10.2 Å². The number of hydrogen-bond donors (Lipinski definition) is 1. The third-order valence-electron chi connectivity index (χ3n) is 5.34. The second kappa shape index (κ2) is 7.21. The maximum atomic E-state index is 5.56. The first-order valence-corrected chi connectivity index (χ1v) is 8.05. The van der Waals surface area contributed by atoms with Gasteiger partial charge in [0.25, 0.3) is 0 Å². The minimum Gasteiger partial charge on any atom is -0.377 e. The molecular weight excluding hydrogens is 252 g/mol. The summed E-state index contributed by atoms with van der Waals surface area (Å²) in [4.78, 5) is 2.55. The summed E-state index contributed by atoms with van der Waals surface area (Å²) < 4.78 is 11.1. The smallest absolute Gasteiger partial charge is 0.0971 e. The molecule has 1 aliphatic carbocycles. The van der Waals surface area contributed by atoms with Gasteiger partial charge in [0.2, 0.25) is 0 Å². The van der Waals surface area contributed by atoms with Gasteiger partial charge >= 0.3 is 0 Å². The van der Waals surface area contributed by atoms with Crippen LogP contribution < -0.4 is 5.32 Å². The summed E-state index contributed by atoms with van der Waals surface area (Å²) in [5.74, 6) is 0.900. The minimum absolute atomic E-state index is 0.231. The van der Waals surface area contributed by atoms with Crippen molar-refractivity contribution in [3.63, 3.8) is 0 Å². The predicted octanol–water partition coefficient (Wildman–Crippen LogP) is 1.75. The number of nitrogens with zero attached hydrogens (tertiary/aromatic N) is 1. The van der Waals surface area contributed by atoms with E-state index in [9.17, 15) is 0 Å². The molecule has 0 aromatic rings. The molecule has 0 aromatic carbocycles. The van der Waals surface area contributed by atoms with E-state index >= 15 is 0 Å². The Morgan fingerprint density at radius 2 is 1.65 bits per heavy atom. The second-order valence-electron chi connectivity index (χ2n) is 6.96. The topological polar surface area (TPSA) is 33.7 Å². The predicted molar refractivity (Wildman–Crippen MR) is 82.0 cm³/mol. The highest BCUT2D eigenvalue weighted by Crippen LogP contribution is 2.39. The summed E-state index contributed by atoms with van der Waals surface area (Å²) in [6.07, 6.45) is 5.90. The van der Waals surface area contributed by atoms with Crippen LogP contribution in [0.4, 0.5) is 0 Å². The molecule has 1 aliphatic heterocycles. The zero-order valence-corrected chi connectivity index (χ0v) is 13.7. The fraction of sp³-hybridized carbons (Fsp3) is 1.00. The highest BCUT2D eigenvalue weighted by atomic mass is 16.5. The lowest BCUT2D eigenvalue weighted by Crippen LogP contribution is -2.45. The van der Waals surface area contributed by atoms with Crippen LogP contribution >= 0.6 is 0 Å². The van der Waals surface area contributed by atoms with E-state index in [1.807, 2.05) is 0 Å². The molecule has 2 rings (SSSR count). The average Bonchev–Trinajstić information content (AvgIpc) is 2.84. The molecule has 1 saturated heterocycles. The van der Waals surface area contributed by atoms with Gasteiger partial charge in [-0.25, -0.2) is 0 Å². The number of hydrogen-bond acceptors (Lipinski definition) is 4. The van der Waals surface area contributed by atoms with E-state index in [0.717, 1.165) is 25.6 Å². The van der Waals surface area contributed by atoms with Gasteiger partial charge in [0.1, 0.15) is 0 Å². The van der Waals surface area contributed by atoms with E-state index in [1.165, 1.54) is 32.2 Å². The molecule has 4 heteroatoms. The quantitative estimate of drug-likeness (QED) is 0.806. The first kappa shape index (κ1) is 16.2. The van der Waals surface area contributed by atoms with Crippen molar-refractivity contribution in [3.05, 3.63) is 0 Å². The van der Waals surface area contributed by atoms with E-state index in [2.05, 4.69) is 24.2 Å². The molecule has 1 saturated carbocycles. The van der Waals surface area contributed by atoms with Gasteiger partial charge in [0.05, 0.1) is 12.2 Å². The minimum atomic E-state index is 0.231. The molecule has 2 unspecified atom stereocenters. The van der Waals surface area contributed by atoms with Crippen LogP contribution in [0.3, 0.4) is 0 Å². The second-order valence-corrected chi connectivity index (χ2v) is 6.96. The van der Waals surface area contributed by atoms with Crippen molar-refractivity contribution in [2.75, 3.05) is 47.4 Å². The van der Waals surface area contributed by atoms with Gasteiger partial charge < -0.3 is 14.8 Å². The summed E-state index contributed by atoms with van der Waals surface area (Å²) in [5, 5.41) is 3.43. The van der Waals surface area contributed by atoms with Crippen molar-refractivity contribution < 1.29 is 9.47 Å². The molecule has 4 nitrogen and oxygen atoms in total. The number of likely N-dealkylation sites (tertiary alicyclic amines) is 1. The van der Waals surface area contributed by atoms with Gasteiger partial charge in [-0.2, -0.15) is 0 Å². The van der Waals surface area contributed by atoms with Crippen molar-refractivity contribution in [1.29, 1.82) is 0 Å². The van der Waals surface area contributed by atoms with E-state index in [4.69, 9.17) is 9.47 Å². The number of rotatable bonds is 6. The molecule has 2 fully saturated rings. The lowest BCUT2D eigenvalue weighted by Gasteiger charge is -2.42. The number of ether oxygens (including phenoxy) is 2. The first-order valence-electron chi connectivity index (χ1n) is 8.05. The Morgan fingerprint density at radius 1 is 1.10 bits per heavy atom. The summed E-state index contributed by atoms with van der Waals surface area (Å²) in [6, 6.07) is 0. The molecule has 0 bridgehead atoms. The summed E-state index contributed by atoms with van der Waals surface area (Å²) in [7, 11) is 5.68. The molecule has 2 aliphatic rings. The zero-order valence-electron chi connectivity index (χ0n) is 13.7. The summed E-state index contributed by atoms with van der Waals surface area (Å²) >= 11 is 0.